The lowest BCUT2D eigenvalue weighted by Gasteiger charge is -2.19. The van der Waals surface area contributed by atoms with Crippen LogP contribution >= 0.6 is 35.3 Å². The Kier molecular flexibility index (Phi) is 6.06. The maximum absolute atomic E-state index is 12.4. The van der Waals surface area contributed by atoms with Crippen molar-refractivity contribution in [2.75, 3.05) is 13.3 Å². The van der Waals surface area contributed by atoms with E-state index in [1.54, 1.807) is 23.9 Å². The smallest absolute Gasteiger partial charge is 0.405 e. The number of aromatic nitrogens is 2. The molecule has 23 heavy (non-hydrogen) atoms. The summed E-state index contributed by atoms with van der Waals surface area (Å²) in [5.74, 6) is -0.196. The van der Waals surface area contributed by atoms with Crippen LogP contribution in [0.15, 0.2) is 28.6 Å². The second-order valence-corrected chi connectivity index (χ2v) is 7.32. The first-order valence-electron chi connectivity index (χ1n) is 6.42. The van der Waals surface area contributed by atoms with Gasteiger partial charge in [0.25, 0.3) is 0 Å². The van der Waals surface area contributed by atoms with Gasteiger partial charge in [-0.15, -0.1) is 13.2 Å². The number of rotatable bonds is 6. The average molecular weight is 381 g/mol. The molecule has 1 aromatic heterocycles. The van der Waals surface area contributed by atoms with Crippen LogP contribution in [0, 0.1) is 3.95 Å². The highest BCUT2D eigenvalue weighted by Crippen LogP contribution is 2.27. The molecule has 2 rings (SSSR count). The average Bonchev–Trinajstić information content (AvgIpc) is 2.80. The van der Waals surface area contributed by atoms with E-state index in [4.69, 9.17) is 12.2 Å². The van der Waals surface area contributed by atoms with Crippen molar-refractivity contribution in [3.05, 3.63) is 33.8 Å². The Balaban J connectivity index is 2.09. The van der Waals surface area contributed by atoms with E-state index in [-0.39, 0.29) is 12.3 Å². The number of halogens is 3. The third-order valence-electron chi connectivity index (χ3n) is 2.78. The van der Waals surface area contributed by atoms with Crippen LogP contribution in [0.3, 0.4) is 0 Å². The van der Waals surface area contributed by atoms with E-state index in [0.29, 0.717) is 16.2 Å². The molecule has 0 atom stereocenters. The van der Waals surface area contributed by atoms with Crippen LogP contribution in [0.2, 0.25) is 0 Å². The van der Waals surface area contributed by atoms with E-state index in [1.165, 1.54) is 35.2 Å². The number of benzene rings is 1. The summed E-state index contributed by atoms with van der Waals surface area (Å²) in [7, 11) is 1.78. The van der Waals surface area contributed by atoms with Gasteiger partial charge in [0.1, 0.15) is 5.75 Å². The quantitative estimate of drug-likeness (QED) is 0.547. The Labute approximate surface area is 144 Å². The van der Waals surface area contributed by atoms with E-state index >= 15 is 0 Å². The molecule has 0 bridgehead atoms. The summed E-state index contributed by atoms with van der Waals surface area (Å²) in [4.78, 5) is 1.82. The van der Waals surface area contributed by atoms with Crippen molar-refractivity contribution in [3.63, 3.8) is 0 Å². The number of hydrogen-bond acceptors (Lipinski definition) is 6. The molecule has 126 valence electrons. The van der Waals surface area contributed by atoms with Gasteiger partial charge in [-0.05, 0) is 31.6 Å². The lowest BCUT2D eigenvalue weighted by molar-refractivity contribution is -0.275. The lowest BCUT2D eigenvalue weighted by atomic mass is 10.2. The molecule has 0 saturated carbocycles. The summed E-state index contributed by atoms with van der Waals surface area (Å²) in [5.41, 5.74) is 0.444. The van der Waals surface area contributed by atoms with Crippen molar-refractivity contribution in [3.8, 4) is 5.75 Å². The monoisotopic (exact) mass is 381 g/mol. The molecule has 0 radical (unpaired) electrons. The number of nitrogens with zero attached hydrogens (tertiary/aromatic N) is 3. The SMILES string of the molecule is CSc1nn(CN(C)Cc2ccccc2OC(F)(F)F)c(=S)s1. The summed E-state index contributed by atoms with van der Waals surface area (Å²) in [6, 6.07) is 6.08. The minimum absolute atomic E-state index is 0.196. The topological polar surface area (TPSA) is 30.3 Å². The molecule has 4 nitrogen and oxygen atoms in total. The van der Waals surface area contributed by atoms with Crippen LogP contribution in [0.5, 0.6) is 5.75 Å². The number of alkyl halides is 3. The van der Waals surface area contributed by atoms with Crippen LogP contribution in [-0.4, -0.2) is 34.3 Å². The largest absolute Gasteiger partial charge is 0.573 e. The Morgan fingerprint density at radius 1 is 1.39 bits per heavy atom. The molecule has 1 heterocycles. The van der Waals surface area contributed by atoms with E-state index in [1.807, 2.05) is 11.2 Å². The fraction of sp³-hybridized carbons (Fsp3) is 0.385. The van der Waals surface area contributed by atoms with Gasteiger partial charge in [0.2, 0.25) is 0 Å². The predicted octanol–water partition coefficient (Wildman–Crippen LogP) is 4.38. The first kappa shape index (κ1) is 18.2. The second kappa shape index (κ2) is 7.65. The zero-order valence-corrected chi connectivity index (χ0v) is 14.8. The third kappa shape index (κ3) is 5.48. The molecule has 10 heteroatoms. The van der Waals surface area contributed by atoms with Gasteiger partial charge in [-0.1, -0.05) is 41.3 Å². The van der Waals surface area contributed by atoms with Crippen LogP contribution in [-0.2, 0) is 13.2 Å². The van der Waals surface area contributed by atoms with Crippen molar-refractivity contribution in [2.24, 2.45) is 0 Å². The van der Waals surface area contributed by atoms with Gasteiger partial charge in [0, 0.05) is 12.1 Å². The van der Waals surface area contributed by atoms with Crippen molar-refractivity contribution in [2.45, 2.75) is 23.9 Å². The maximum atomic E-state index is 12.4. The zero-order valence-electron chi connectivity index (χ0n) is 12.3. The molecule has 0 aliphatic carbocycles. The minimum atomic E-state index is -4.71. The molecule has 0 saturated heterocycles. The predicted molar refractivity (Wildman–Crippen MR) is 87.3 cm³/mol. The highest BCUT2D eigenvalue weighted by atomic mass is 32.2. The Morgan fingerprint density at radius 2 is 2.09 bits per heavy atom. The van der Waals surface area contributed by atoms with E-state index in [9.17, 15) is 13.2 Å². The van der Waals surface area contributed by atoms with E-state index in [0.717, 1.165) is 4.34 Å². The third-order valence-corrected chi connectivity index (χ3v) is 5.06. The first-order valence-corrected chi connectivity index (χ1v) is 8.87. The van der Waals surface area contributed by atoms with Gasteiger partial charge in [0.15, 0.2) is 8.29 Å². The van der Waals surface area contributed by atoms with Crippen molar-refractivity contribution in [1.29, 1.82) is 0 Å². The van der Waals surface area contributed by atoms with Gasteiger partial charge in [-0.2, -0.15) is 5.10 Å². The number of thioether (sulfide) groups is 1. The minimum Gasteiger partial charge on any atom is -0.405 e. The van der Waals surface area contributed by atoms with Gasteiger partial charge in [-0.25, -0.2) is 4.68 Å². The Hall–Kier alpha value is -1.10. The highest BCUT2D eigenvalue weighted by molar-refractivity contribution is 8.00. The summed E-state index contributed by atoms with van der Waals surface area (Å²) in [5, 5.41) is 4.33. The molecule has 0 aliphatic rings. The van der Waals surface area contributed by atoms with Crippen LogP contribution < -0.4 is 4.74 Å². The Morgan fingerprint density at radius 3 is 2.70 bits per heavy atom. The molecule has 2 aromatic rings. The molecular weight excluding hydrogens is 367 g/mol. The van der Waals surface area contributed by atoms with Gasteiger partial charge in [0.05, 0.1) is 6.67 Å². The number of para-hydroxylation sites is 1. The first-order chi connectivity index (χ1) is 10.8. The molecular formula is C13H14F3N3OS3. The normalized spacial score (nSPS) is 11.9. The van der Waals surface area contributed by atoms with Crippen molar-refractivity contribution >= 4 is 35.3 Å². The van der Waals surface area contributed by atoms with Gasteiger partial charge >= 0.3 is 6.36 Å². The summed E-state index contributed by atoms with van der Waals surface area (Å²) in [6.07, 6.45) is -2.80. The molecule has 0 fully saturated rings. The molecule has 0 aliphatic heterocycles. The van der Waals surface area contributed by atoms with E-state index < -0.39 is 6.36 Å². The molecule has 0 unspecified atom stereocenters. The van der Waals surface area contributed by atoms with Crippen LogP contribution in [0.25, 0.3) is 0 Å². The van der Waals surface area contributed by atoms with E-state index in [2.05, 4.69) is 9.84 Å². The number of ether oxygens (including phenoxy) is 1. The fourth-order valence-corrected chi connectivity index (χ4v) is 3.62. The standard InChI is InChI=1S/C13H14F3N3OS3/c1-18(8-19-12(21)23-11(17-19)22-2)7-9-5-3-4-6-10(9)20-13(14,15)16/h3-6H,7-8H2,1-2H3. The Bertz CT molecular complexity index is 714. The van der Waals surface area contributed by atoms with Crippen LogP contribution in [0.1, 0.15) is 5.56 Å². The second-order valence-electron chi connectivity index (χ2n) is 4.65. The van der Waals surface area contributed by atoms with Crippen molar-refractivity contribution in [1.82, 2.24) is 14.7 Å². The maximum Gasteiger partial charge on any atom is 0.573 e. The summed E-state index contributed by atoms with van der Waals surface area (Å²) >= 11 is 8.13. The highest BCUT2D eigenvalue weighted by Gasteiger charge is 2.32. The lowest BCUT2D eigenvalue weighted by Crippen LogP contribution is -2.24. The molecule has 0 N–H and O–H groups in total. The fourth-order valence-electron chi connectivity index (χ4n) is 1.89. The zero-order chi connectivity index (χ0) is 17.0. The summed E-state index contributed by atoms with van der Waals surface area (Å²) in [6.45, 7) is 0.663. The molecule has 1 aromatic carbocycles. The van der Waals surface area contributed by atoms with Gasteiger partial charge < -0.3 is 4.74 Å². The van der Waals surface area contributed by atoms with Crippen molar-refractivity contribution < 1.29 is 17.9 Å². The van der Waals surface area contributed by atoms with Crippen LogP contribution in [0.4, 0.5) is 13.2 Å². The summed E-state index contributed by atoms with van der Waals surface area (Å²) < 4.78 is 44.5. The van der Waals surface area contributed by atoms with Gasteiger partial charge in [-0.3, -0.25) is 4.90 Å². The number of hydrogen-bond donors (Lipinski definition) is 0. The molecule has 0 amide bonds. The molecule has 0 spiro atoms.